The van der Waals surface area contributed by atoms with E-state index >= 15 is 0 Å². The van der Waals surface area contributed by atoms with Crippen molar-refractivity contribution in [1.82, 2.24) is 0 Å². The average molecular weight is 310 g/mol. The van der Waals surface area contributed by atoms with Crippen LogP contribution in [0.5, 0.6) is 0 Å². The van der Waals surface area contributed by atoms with Gasteiger partial charge in [-0.05, 0) is 47.6 Å². The zero-order valence-corrected chi connectivity index (χ0v) is 14.2. The van der Waals surface area contributed by atoms with Gasteiger partial charge in [-0.2, -0.15) is 0 Å². The van der Waals surface area contributed by atoms with Crippen molar-refractivity contribution in [1.29, 1.82) is 0 Å². The fourth-order valence-corrected chi connectivity index (χ4v) is 3.02. The number of carbonyl (C=O) groups excluding carboxylic acids is 1. The maximum atomic E-state index is 12.9. The SMILES string of the molecule is CCOC1=C[C@@]2(O)C(OC(C)C)=C(OC(C)C)C(=O)[C@@]2(C)C1. The molecule has 0 aromatic rings. The Hall–Kier alpha value is -1.49. The van der Waals surface area contributed by atoms with E-state index in [-0.39, 0.29) is 29.5 Å². The molecule has 22 heavy (non-hydrogen) atoms. The highest BCUT2D eigenvalue weighted by molar-refractivity contribution is 6.04. The van der Waals surface area contributed by atoms with Gasteiger partial charge in [-0.25, -0.2) is 0 Å². The summed E-state index contributed by atoms with van der Waals surface area (Å²) in [7, 11) is 0. The molecule has 2 rings (SSSR count). The van der Waals surface area contributed by atoms with Crippen LogP contribution in [0.4, 0.5) is 0 Å². The minimum Gasteiger partial charge on any atom is -0.498 e. The number of fused-ring (bicyclic) bond motifs is 1. The van der Waals surface area contributed by atoms with Gasteiger partial charge in [-0.1, -0.05) is 0 Å². The first-order valence-electron chi connectivity index (χ1n) is 7.85. The van der Waals surface area contributed by atoms with Gasteiger partial charge in [0.15, 0.2) is 11.4 Å². The minimum atomic E-state index is -1.51. The summed E-state index contributed by atoms with van der Waals surface area (Å²) in [5.41, 5.74) is -2.55. The van der Waals surface area contributed by atoms with E-state index in [0.29, 0.717) is 18.8 Å². The van der Waals surface area contributed by atoms with Crippen LogP contribution in [0.1, 0.15) is 48.0 Å². The quantitative estimate of drug-likeness (QED) is 0.817. The van der Waals surface area contributed by atoms with Crippen molar-refractivity contribution in [3.8, 4) is 0 Å². The van der Waals surface area contributed by atoms with Crippen molar-refractivity contribution in [2.75, 3.05) is 6.61 Å². The molecule has 5 nitrogen and oxygen atoms in total. The average Bonchev–Trinajstić information content (AvgIpc) is 2.72. The second-order valence-corrected chi connectivity index (χ2v) is 6.64. The Balaban J connectivity index is 2.52. The molecule has 0 saturated carbocycles. The summed E-state index contributed by atoms with van der Waals surface area (Å²) in [6, 6.07) is 0. The summed E-state index contributed by atoms with van der Waals surface area (Å²) < 4.78 is 17.0. The van der Waals surface area contributed by atoms with Crippen molar-refractivity contribution < 1.29 is 24.1 Å². The highest BCUT2D eigenvalue weighted by Gasteiger charge is 2.66. The predicted molar refractivity (Wildman–Crippen MR) is 81.9 cm³/mol. The Bertz CT molecular complexity index is 531. The van der Waals surface area contributed by atoms with E-state index in [4.69, 9.17) is 14.2 Å². The van der Waals surface area contributed by atoms with Crippen LogP contribution in [-0.4, -0.2) is 35.3 Å². The molecule has 0 aromatic heterocycles. The first-order chi connectivity index (χ1) is 10.2. The standard InChI is InChI=1S/C17H26O5/c1-7-20-12-8-16(6)14(18)13(21-10(2)3)15(22-11(4)5)17(16,19)9-12/h9-11,19H,7-8H2,1-6H3/t16-,17-/m1/s1. The number of allylic oxidation sites excluding steroid dienone is 2. The molecule has 0 bridgehead atoms. The highest BCUT2D eigenvalue weighted by atomic mass is 16.5. The van der Waals surface area contributed by atoms with Gasteiger partial charge in [0.2, 0.25) is 11.5 Å². The van der Waals surface area contributed by atoms with Gasteiger partial charge in [0.05, 0.1) is 30.0 Å². The van der Waals surface area contributed by atoms with Crippen molar-refractivity contribution in [2.45, 2.75) is 65.8 Å². The lowest BCUT2D eigenvalue weighted by Gasteiger charge is -2.32. The van der Waals surface area contributed by atoms with Crippen molar-refractivity contribution >= 4 is 5.78 Å². The zero-order valence-electron chi connectivity index (χ0n) is 14.2. The second kappa shape index (κ2) is 5.61. The summed E-state index contributed by atoms with van der Waals surface area (Å²) in [5, 5.41) is 11.2. The minimum absolute atomic E-state index is 0.139. The van der Waals surface area contributed by atoms with Gasteiger partial charge in [0, 0.05) is 6.42 Å². The van der Waals surface area contributed by atoms with Crippen LogP contribution in [0, 0.1) is 5.41 Å². The summed E-state index contributed by atoms with van der Waals surface area (Å²) in [6.07, 6.45) is 1.59. The van der Waals surface area contributed by atoms with E-state index in [9.17, 15) is 9.90 Å². The number of ketones is 1. The number of ether oxygens (including phenoxy) is 3. The number of Topliss-reactive ketones (excluding diaryl/α,β-unsaturated/α-hetero) is 1. The molecule has 0 heterocycles. The van der Waals surface area contributed by atoms with Gasteiger partial charge in [0.1, 0.15) is 0 Å². The number of hydrogen-bond acceptors (Lipinski definition) is 5. The monoisotopic (exact) mass is 310 g/mol. The summed E-state index contributed by atoms with van der Waals surface area (Å²) >= 11 is 0. The van der Waals surface area contributed by atoms with Crippen LogP contribution in [0.2, 0.25) is 0 Å². The van der Waals surface area contributed by atoms with Crippen LogP contribution in [0.3, 0.4) is 0 Å². The van der Waals surface area contributed by atoms with Crippen LogP contribution in [0.15, 0.2) is 23.4 Å². The number of hydrogen-bond donors (Lipinski definition) is 1. The number of rotatable bonds is 6. The molecule has 2 aliphatic carbocycles. The van der Waals surface area contributed by atoms with Crippen LogP contribution in [-0.2, 0) is 19.0 Å². The largest absolute Gasteiger partial charge is 0.498 e. The van der Waals surface area contributed by atoms with E-state index < -0.39 is 11.0 Å². The maximum absolute atomic E-state index is 12.9. The molecule has 0 amide bonds. The van der Waals surface area contributed by atoms with Crippen LogP contribution >= 0.6 is 0 Å². The number of aliphatic hydroxyl groups is 1. The maximum Gasteiger partial charge on any atom is 0.211 e. The molecule has 0 aromatic carbocycles. The number of carbonyl (C=O) groups is 1. The molecule has 0 unspecified atom stereocenters. The van der Waals surface area contributed by atoms with Gasteiger partial charge < -0.3 is 19.3 Å². The predicted octanol–water partition coefficient (Wildman–Crippen LogP) is 2.69. The van der Waals surface area contributed by atoms with Gasteiger partial charge >= 0.3 is 0 Å². The van der Waals surface area contributed by atoms with E-state index in [1.807, 2.05) is 34.6 Å². The zero-order chi connectivity index (χ0) is 16.7. The lowest BCUT2D eigenvalue weighted by atomic mass is 9.76. The molecule has 124 valence electrons. The van der Waals surface area contributed by atoms with Crippen molar-refractivity contribution in [3.05, 3.63) is 23.4 Å². The summed E-state index contributed by atoms with van der Waals surface area (Å²) in [6.45, 7) is 11.5. The highest BCUT2D eigenvalue weighted by Crippen LogP contribution is 2.56. The van der Waals surface area contributed by atoms with Crippen LogP contribution < -0.4 is 0 Å². The lowest BCUT2D eigenvalue weighted by molar-refractivity contribution is -0.133. The van der Waals surface area contributed by atoms with Crippen molar-refractivity contribution in [3.63, 3.8) is 0 Å². The van der Waals surface area contributed by atoms with Gasteiger partial charge in [0.25, 0.3) is 0 Å². The van der Waals surface area contributed by atoms with Gasteiger partial charge in [-0.15, -0.1) is 0 Å². The topological polar surface area (TPSA) is 65.0 Å². The normalized spacial score (nSPS) is 31.0. The molecular formula is C17H26O5. The Kier molecular flexibility index (Phi) is 4.30. The third-order valence-corrected chi connectivity index (χ3v) is 4.04. The Morgan fingerprint density at radius 2 is 1.82 bits per heavy atom. The molecule has 2 atom stereocenters. The molecule has 0 spiro atoms. The lowest BCUT2D eigenvalue weighted by Crippen LogP contribution is -2.44. The molecule has 5 heteroatoms. The third kappa shape index (κ3) is 2.41. The molecule has 1 N–H and O–H groups in total. The molecular weight excluding hydrogens is 284 g/mol. The Morgan fingerprint density at radius 1 is 1.23 bits per heavy atom. The van der Waals surface area contributed by atoms with E-state index in [1.165, 1.54) is 0 Å². The second-order valence-electron chi connectivity index (χ2n) is 6.64. The molecule has 0 aliphatic heterocycles. The molecule has 0 saturated heterocycles. The Morgan fingerprint density at radius 3 is 2.32 bits per heavy atom. The smallest absolute Gasteiger partial charge is 0.211 e. The first-order valence-corrected chi connectivity index (χ1v) is 7.85. The summed E-state index contributed by atoms with van der Waals surface area (Å²) in [4.78, 5) is 12.9. The van der Waals surface area contributed by atoms with Crippen LogP contribution in [0.25, 0.3) is 0 Å². The summed E-state index contributed by atoms with van der Waals surface area (Å²) in [5.74, 6) is 0.735. The van der Waals surface area contributed by atoms with E-state index in [1.54, 1.807) is 13.0 Å². The van der Waals surface area contributed by atoms with E-state index in [2.05, 4.69) is 0 Å². The van der Waals surface area contributed by atoms with E-state index in [0.717, 1.165) is 0 Å². The molecule has 2 aliphatic rings. The fraction of sp³-hybridized carbons (Fsp3) is 0.706. The first kappa shape index (κ1) is 16.9. The molecule has 0 fully saturated rings. The molecule has 0 radical (unpaired) electrons. The Labute approximate surface area is 131 Å². The van der Waals surface area contributed by atoms with Crippen molar-refractivity contribution in [2.24, 2.45) is 5.41 Å². The third-order valence-electron chi connectivity index (χ3n) is 4.04. The fourth-order valence-electron chi connectivity index (χ4n) is 3.02. The van der Waals surface area contributed by atoms with Gasteiger partial charge in [-0.3, -0.25) is 4.79 Å².